The Balaban J connectivity index is 2.21. The Bertz CT molecular complexity index is 971. The van der Waals surface area contributed by atoms with Crippen LogP contribution in [0.3, 0.4) is 0 Å². The lowest BCUT2D eigenvalue weighted by molar-refractivity contribution is 0.0950. The van der Waals surface area contributed by atoms with E-state index in [1.165, 1.54) is 23.5 Å². The second kappa shape index (κ2) is 8.70. The maximum absolute atomic E-state index is 12.6. The highest BCUT2D eigenvalue weighted by Crippen LogP contribution is 2.24. The second-order valence-electron chi connectivity index (χ2n) is 6.87. The number of aryl methyl sites for hydroxylation is 1. The maximum Gasteiger partial charge on any atom is 0.251 e. The number of carbonyl (C=O) groups is 1. The van der Waals surface area contributed by atoms with Crippen LogP contribution in [-0.2, 0) is 16.6 Å². The predicted octanol–water partition coefficient (Wildman–Crippen LogP) is 2.67. The number of hydrogen-bond donors (Lipinski definition) is 1. The summed E-state index contributed by atoms with van der Waals surface area (Å²) in [6, 6.07) is 5.84. The van der Waals surface area contributed by atoms with Crippen molar-refractivity contribution in [2.75, 3.05) is 14.2 Å². The van der Waals surface area contributed by atoms with E-state index in [9.17, 15) is 13.2 Å². The van der Waals surface area contributed by atoms with Crippen LogP contribution in [0.5, 0.6) is 5.75 Å². The van der Waals surface area contributed by atoms with Crippen molar-refractivity contribution in [2.24, 2.45) is 0 Å². The molecule has 0 saturated heterocycles. The summed E-state index contributed by atoms with van der Waals surface area (Å²) in [6.07, 6.45) is 1.70. The van der Waals surface area contributed by atoms with E-state index in [1.807, 2.05) is 13.8 Å². The lowest BCUT2D eigenvalue weighted by atomic mass is 10.1. The van der Waals surface area contributed by atoms with E-state index >= 15 is 0 Å². The molecule has 152 valence electrons. The SMILES string of the molecule is COc1c(C)cnc(CNC(=O)c2cccc(S(=O)(=O)N(C)C(C)C)c2)c1C. The number of benzene rings is 1. The number of aromatic nitrogens is 1. The lowest BCUT2D eigenvalue weighted by Crippen LogP contribution is -2.33. The van der Waals surface area contributed by atoms with Gasteiger partial charge in [0.1, 0.15) is 5.75 Å². The molecule has 2 aromatic rings. The Morgan fingerprint density at radius 2 is 1.96 bits per heavy atom. The molecule has 1 heterocycles. The van der Waals surface area contributed by atoms with Gasteiger partial charge in [0.25, 0.3) is 5.91 Å². The van der Waals surface area contributed by atoms with Gasteiger partial charge in [0.2, 0.25) is 10.0 Å². The van der Waals surface area contributed by atoms with Crippen molar-refractivity contribution >= 4 is 15.9 Å². The van der Waals surface area contributed by atoms with Crippen LogP contribution in [0.4, 0.5) is 0 Å². The molecule has 28 heavy (non-hydrogen) atoms. The number of amides is 1. The van der Waals surface area contributed by atoms with Crippen LogP contribution in [0.1, 0.15) is 41.0 Å². The van der Waals surface area contributed by atoms with E-state index in [0.29, 0.717) is 5.69 Å². The highest BCUT2D eigenvalue weighted by Gasteiger charge is 2.24. The first-order valence-electron chi connectivity index (χ1n) is 8.95. The summed E-state index contributed by atoms with van der Waals surface area (Å²) in [7, 11) is -0.543. The summed E-state index contributed by atoms with van der Waals surface area (Å²) in [4.78, 5) is 17.0. The number of nitrogens with one attached hydrogen (secondary N) is 1. The number of sulfonamides is 1. The molecule has 7 nitrogen and oxygen atoms in total. The fourth-order valence-corrected chi connectivity index (χ4v) is 4.17. The van der Waals surface area contributed by atoms with Gasteiger partial charge in [0.15, 0.2) is 0 Å². The van der Waals surface area contributed by atoms with Gasteiger partial charge in [-0.05, 0) is 45.9 Å². The predicted molar refractivity (Wildman–Crippen MR) is 108 cm³/mol. The first kappa shape index (κ1) is 21.8. The average Bonchev–Trinajstić information content (AvgIpc) is 2.66. The Morgan fingerprint density at radius 3 is 2.57 bits per heavy atom. The zero-order valence-electron chi connectivity index (χ0n) is 17.1. The highest BCUT2D eigenvalue weighted by molar-refractivity contribution is 7.89. The average molecular weight is 406 g/mol. The first-order valence-corrected chi connectivity index (χ1v) is 10.4. The highest BCUT2D eigenvalue weighted by atomic mass is 32.2. The van der Waals surface area contributed by atoms with E-state index in [1.54, 1.807) is 39.3 Å². The van der Waals surface area contributed by atoms with Crippen LogP contribution in [0.2, 0.25) is 0 Å². The fourth-order valence-electron chi connectivity index (χ4n) is 2.76. The van der Waals surface area contributed by atoms with Crippen LogP contribution < -0.4 is 10.1 Å². The number of pyridine rings is 1. The third kappa shape index (κ3) is 4.51. The van der Waals surface area contributed by atoms with Crippen molar-refractivity contribution in [1.82, 2.24) is 14.6 Å². The van der Waals surface area contributed by atoms with Gasteiger partial charge in [-0.15, -0.1) is 0 Å². The standard InChI is InChI=1S/C20H27N3O4S/c1-13(2)23(5)28(25,26)17-9-7-8-16(10-17)20(24)22-12-18-15(4)19(27-6)14(3)11-21-18/h7-11,13H,12H2,1-6H3,(H,22,24). The molecule has 0 fully saturated rings. The van der Waals surface area contributed by atoms with Crippen LogP contribution in [-0.4, -0.2) is 43.8 Å². The van der Waals surface area contributed by atoms with Gasteiger partial charge in [-0.3, -0.25) is 9.78 Å². The Kier molecular flexibility index (Phi) is 6.79. The summed E-state index contributed by atoms with van der Waals surface area (Å²) in [5, 5.41) is 2.79. The van der Waals surface area contributed by atoms with Crippen molar-refractivity contribution in [1.29, 1.82) is 0 Å². The minimum atomic E-state index is -3.66. The molecule has 1 aromatic heterocycles. The lowest BCUT2D eigenvalue weighted by Gasteiger charge is -2.21. The van der Waals surface area contributed by atoms with Crippen molar-refractivity contribution in [3.05, 3.63) is 52.8 Å². The van der Waals surface area contributed by atoms with Crippen molar-refractivity contribution in [3.63, 3.8) is 0 Å². The van der Waals surface area contributed by atoms with Crippen LogP contribution in [0, 0.1) is 13.8 Å². The van der Waals surface area contributed by atoms with E-state index in [0.717, 1.165) is 16.9 Å². The topological polar surface area (TPSA) is 88.6 Å². The summed E-state index contributed by atoms with van der Waals surface area (Å²) < 4.78 is 31.9. The summed E-state index contributed by atoms with van der Waals surface area (Å²) in [5.74, 6) is 0.369. The molecule has 1 aromatic carbocycles. The van der Waals surface area contributed by atoms with Crippen molar-refractivity contribution in [3.8, 4) is 5.75 Å². The third-order valence-corrected chi connectivity index (χ3v) is 6.70. The molecule has 0 aliphatic rings. The van der Waals surface area contributed by atoms with Crippen LogP contribution in [0.25, 0.3) is 0 Å². The molecule has 0 spiro atoms. The zero-order valence-corrected chi connectivity index (χ0v) is 17.9. The Morgan fingerprint density at radius 1 is 1.29 bits per heavy atom. The van der Waals surface area contributed by atoms with Crippen molar-refractivity contribution in [2.45, 2.75) is 45.2 Å². The van der Waals surface area contributed by atoms with E-state index in [-0.39, 0.29) is 29.0 Å². The molecule has 0 aliphatic heterocycles. The monoisotopic (exact) mass is 405 g/mol. The molecule has 0 atom stereocenters. The molecule has 0 bridgehead atoms. The third-order valence-electron chi connectivity index (χ3n) is 4.67. The quantitative estimate of drug-likeness (QED) is 0.765. The van der Waals surface area contributed by atoms with E-state index in [2.05, 4.69) is 10.3 Å². The molecular weight excluding hydrogens is 378 g/mol. The van der Waals surface area contributed by atoms with Gasteiger partial charge >= 0.3 is 0 Å². The van der Waals surface area contributed by atoms with E-state index < -0.39 is 10.0 Å². The maximum atomic E-state index is 12.6. The molecule has 0 unspecified atom stereocenters. The normalized spacial score (nSPS) is 11.7. The zero-order chi connectivity index (χ0) is 21.1. The molecule has 1 N–H and O–H groups in total. The number of methoxy groups -OCH3 is 1. The number of hydrogen-bond acceptors (Lipinski definition) is 5. The largest absolute Gasteiger partial charge is 0.496 e. The first-order chi connectivity index (χ1) is 13.1. The summed E-state index contributed by atoms with van der Waals surface area (Å²) in [6.45, 7) is 7.58. The minimum absolute atomic E-state index is 0.0858. The van der Waals surface area contributed by atoms with Gasteiger partial charge in [0.05, 0.1) is 24.2 Å². The molecule has 0 radical (unpaired) electrons. The van der Waals surface area contributed by atoms with Gasteiger partial charge in [0, 0.05) is 36.0 Å². The Hall–Kier alpha value is -2.45. The number of rotatable bonds is 7. The molecular formula is C20H27N3O4S. The van der Waals surface area contributed by atoms with Crippen LogP contribution >= 0.6 is 0 Å². The van der Waals surface area contributed by atoms with E-state index in [4.69, 9.17) is 4.74 Å². The van der Waals surface area contributed by atoms with Gasteiger partial charge < -0.3 is 10.1 Å². The minimum Gasteiger partial charge on any atom is -0.496 e. The Labute approximate surface area is 166 Å². The van der Waals surface area contributed by atoms with Gasteiger partial charge in [-0.25, -0.2) is 8.42 Å². The number of ether oxygens (including phenoxy) is 1. The summed E-state index contributed by atoms with van der Waals surface area (Å²) in [5.41, 5.74) is 2.74. The van der Waals surface area contributed by atoms with Crippen molar-refractivity contribution < 1.29 is 17.9 Å². The van der Waals surface area contributed by atoms with Gasteiger partial charge in [-0.1, -0.05) is 6.07 Å². The summed E-state index contributed by atoms with van der Waals surface area (Å²) >= 11 is 0. The molecule has 8 heteroatoms. The molecule has 1 amide bonds. The number of carbonyl (C=O) groups excluding carboxylic acids is 1. The second-order valence-corrected chi connectivity index (χ2v) is 8.87. The molecule has 0 aliphatic carbocycles. The smallest absolute Gasteiger partial charge is 0.251 e. The molecule has 2 rings (SSSR count). The number of nitrogens with zero attached hydrogens (tertiary/aromatic N) is 2. The fraction of sp³-hybridized carbons (Fsp3) is 0.400. The van der Waals surface area contributed by atoms with Crippen LogP contribution in [0.15, 0.2) is 35.4 Å². The molecule has 0 saturated carbocycles. The van der Waals surface area contributed by atoms with Gasteiger partial charge in [-0.2, -0.15) is 4.31 Å².